The van der Waals surface area contributed by atoms with E-state index < -0.39 is 18.4 Å². The number of hydrogen-bond acceptors (Lipinski definition) is 5. The molecular weight excluding hydrogens is 356 g/mol. The maximum Gasteiger partial charge on any atom is 0.190 e. The molecule has 5 heteroatoms. The Morgan fingerprint density at radius 3 is 2.14 bits per heavy atom. The quantitative estimate of drug-likeness (QED) is 0.812. The third-order valence-electron chi connectivity index (χ3n) is 5.28. The van der Waals surface area contributed by atoms with Gasteiger partial charge in [0.05, 0.1) is 6.61 Å². The van der Waals surface area contributed by atoms with Crippen LogP contribution in [0.1, 0.15) is 25.0 Å². The van der Waals surface area contributed by atoms with Gasteiger partial charge in [0.25, 0.3) is 0 Å². The van der Waals surface area contributed by atoms with Crippen molar-refractivity contribution >= 4 is 5.57 Å². The molecular formula is C23H24O5. The minimum absolute atomic E-state index is 0.173. The molecule has 0 N–H and O–H groups in total. The second kappa shape index (κ2) is 7.10. The third-order valence-corrected chi connectivity index (χ3v) is 5.28. The minimum Gasteiger partial charge on any atom is -0.346 e. The zero-order valence-electron chi connectivity index (χ0n) is 16.0. The van der Waals surface area contributed by atoms with Gasteiger partial charge in [-0.1, -0.05) is 60.7 Å². The summed E-state index contributed by atoms with van der Waals surface area (Å²) >= 11 is 0. The molecule has 0 aromatic heterocycles. The molecule has 3 saturated heterocycles. The highest BCUT2D eigenvalue weighted by atomic mass is 16.9. The first-order chi connectivity index (χ1) is 13.6. The predicted octanol–water partition coefficient (Wildman–Crippen LogP) is 3.74. The van der Waals surface area contributed by atoms with E-state index in [0.717, 1.165) is 16.7 Å². The van der Waals surface area contributed by atoms with Crippen LogP contribution in [-0.4, -0.2) is 43.3 Å². The van der Waals surface area contributed by atoms with Crippen molar-refractivity contribution in [2.75, 3.05) is 6.61 Å². The summed E-state index contributed by atoms with van der Waals surface area (Å²) in [5, 5.41) is 0. The Kier molecular flexibility index (Phi) is 4.57. The Bertz CT molecular complexity index is 806. The van der Waals surface area contributed by atoms with Crippen LogP contribution in [0.2, 0.25) is 0 Å². The molecule has 3 aliphatic heterocycles. The summed E-state index contributed by atoms with van der Waals surface area (Å²) in [6, 6.07) is 20.5. The highest BCUT2D eigenvalue weighted by Gasteiger charge is 2.57. The summed E-state index contributed by atoms with van der Waals surface area (Å²) in [6.07, 6.45) is 0.527. The second-order valence-electron chi connectivity index (χ2n) is 7.76. The molecule has 146 valence electrons. The van der Waals surface area contributed by atoms with Gasteiger partial charge in [0.1, 0.15) is 18.3 Å². The molecule has 0 saturated carbocycles. The molecule has 0 aliphatic carbocycles. The Morgan fingerprint density at radius 2 is 1.50 bits per heavy atom. The number of fused-ring (bicyclic) bond motifs is 3. The van der Waals surface area contributed by atoms with Gasteiger partial charge in [0.2, 0.25) is 0 Å². The van der Waals surface area contributed by atoms with E-state index >= 15 is 0 Å². The molecule has 5 atom stereocenters. The summed E-state index contributed by atoms with van der Waals surface area (Å²) in [6.45, 7) is 4.23. The SMILES string of the molecule is CC1(C)O[C@H]2O[C@@H]3CO[C@H](C=C(c4ccccc4)c4ccccc4)O[C@@H]3[C@H]2O1. The Morgan fingerprint density at radius 1 is 0.857 bits per heavy atom. The monoisotopic (exact) mass is 380 g/mol. The van der Waals surface area contributed by atoms with Crippen LogP contribution in [0.3, 0.4) is 0 Å². The number of ether oxygens (including phenoxy) is 5. The lowest BCUT2D eigenvalue weighted by atomic mass is 9.97. The first-order valence-corrected chi connectivity index (χ1v) is 9.70. The van der Waals surface area contributed by atoms with Crippen molar-refractivity contribution in [1.82, 2.24) is 0 Å². The summed E-state index contributed by atoms with van der Waals surface area (Å²) < 4.78 is 30.0. The van der Waals surface area contributed by atoms with Crippen LogP contribution < -0.4 is 0 Å². The van der Waals surface area contributed by atoms with E-state index in [4.69, 9.17) is 23.7 Å². The van der Waals surface area contributed by atoms with Gasteiger partial charge >= 0.3 is 0 Å². The fourth-order valence-electron chi connectivity index (χ4n) is 4.05. The van der Waals surface area contributed by atoms with Crippen LogP contribution in [0, 0.1) is 0 Å². The molecule has 0 bridgehead atoms. The van der Waals surface area contributed by atoms with Gasteiger partial charge in [-0.05, 0) is 36.6 Å². The maximum absolute atomic E-state index is 6.26. The van der Waals surface area contributed by atoms with Crippen LogP contribution >= 0.6 is 0 Å². The van der Waals surface area contributed by atoms with E-state index in [1.807, 2.05) is 56.3 Å². The van der Waals surface area contributed by atoms with E-state index in [2.05, 4.69) is 24.3 Å². The minimum atomic E-state index is -0.660. The highest BCUT2D eigenvalue weighted by Crippen LogP contribution is 2.41. The lowest BCUT2D eigenvalue weighted by Crippen LogP contribution is -2.46. The van der Waals surface area contributed by atoms with Gasteiger partial charge in [-0.2, -0.15) is 0 Å². The van der Waals surface area contributed by atoms with E-state index in [1.54, 1.807) is 0 Å². The van der Waals surface area contributed by atoms with Gasteiger partial charge in [0, 0.05) is 0 Å². The molecule has 5 rings (SSSR count). The topological polar surface area (TPSA) is 46.2 Å². The summed E-state index contributed by atoms with van der Waals surface area (Å²) in [5.41, 5.74) is 3.30. The average Bonchev–Trinajstić information content (AvgIpc) is 3.19. The van der Waals surface area contributed by atoms with E-state index in [9.17, 15) is 0 Å². The van der Waals surface area contributed by atoms with Crippen LogP contribution in [0.15, 0.2) is 66.7 Å². The molecule has 3 fully saturated rings. The third kappa shape index (κ3) is 3.41. The van der Waals surface area contributed by atoms with Crippen molar-refractivity contribution in [1.29, 1.82) is 0 Å². The standard InChI is InChI=1S/C23H24O5/c1-23(2)27-21-20-18(25-22(21)28-23)14-24-19(26-20)13-17(15-9-5-3-6-10-15)16-11-7-4-8-12-16/h3-13,18-22H,14H2,1-2H3/t18-,19+,20+,21-,22-/m1/s1. The van der Waals surface area contributed by atoms with Crippen LogP contribution in [0.25, 0.3) is 5.57 Å². The molecule has 5 nitrogen and oxygen atoms in total. The smallest absolute Gasteiger partial charge is 0.190 e. The van der Waals surface area contributed by atoms with Crippen molar-refractivity contribution in [3.8, 4) is 0 Å². The van der Waals surface area contributed by atoms with E-state index in [0.29, 0.717) is 6.61 Å². The lowest BCUT2D eigenvalue weighted by Gasteiger charge is -2.33. The first kappa shape index (κ1) is 18.0. The van der Waals surface area contributed by atoms with Gasteiger partial charge < -0.3 is 23.7 Å². The highest BCUT2D eigenvalue weighted by molar-refractivity contribution is 5.79. The molecule has 2 aromatic rings. The van der Waals surface area contributed by atoms with Crippen molar-refractivity contribution in [2.24, 2.45) is 0 Å². The Labute approximate surface area is 164 Å². The van der Waals surface area contributed by atoms with Crippen LogP contribution in [0.4, 0.5) is 0 Å². The number of hydrogen-bond donors (Lipinski definition) is 0. The summed E-state index contributed by atoms with van der Waals surface area (Å²) in [5.74, 6) is -0.660. The Hall–Kier alpha value is -2.02. The average molecular weight is 380 g/mol. The first-order valence-electron chi connectivity index (χ1n) is 9.70. The molecule has 0 radical (unpaired) electrons. The lowest BCUT2D eigenvalue weighted by molar-refractivity contribution is -0.270. The van der Waals surface area contributed by atoms with Crippen molar-refractivity contribution < 1.29 is 23.7 Å². The number of benzene rings is 2. The molecule has 0 spiro atoms. The zero-order valence-corrected chi connectivity index (χ0v) is 16.0. The van der Waals surface area contributed by atoms with Crippen molar-refractivity contribution in [2.45, 2.75) is 50.5 Å². The van der Waals surface area contributed by atoms with Crippen LogP contribution in [-0.2, 0) is 23.7 Å². The molecule has 3 heterocycles. The largest absolute Gasteiger partial charge is 0.346 e. The number of rotatable bonds is 3. The van der Waals surface area contributed by atoms with Gasteiger partial charge in [0.15, 0.2) is 18.4 Å². The normalized spacial score (nSPS) is 33.1. The Balaban J connectivity index is 1.42. The molecule has 0 unspecified atom stereocenters. The van der Waals surface area contributed by atoms with Crippen molar-refractivity contribution in [3.63, 3.8) is 0 Å². The maximum atomic E-state index is 6.26. The molecule has 0 amide bonds. The fraction of sp³-hybridized carbons (Fsp3) is 0.391. The van der Waals surface area contributed by atoms with Gasteiger partial charge in [-0.15, -0.1) is 0 Å². The van der Waals surface area contributed by atoms with E-state index in [1.165, 1.54) is 0 Å². The fourth-order valence-corrected chi connectivity index (χ4v) is 4.05. The second-order valence-corrected chi connectivity index (χ2v) is 7.76. The molecule has 2 aromatic carbocycles. The summed E-state index contributed by atoms with van der Waals surface area (Å²) in [4.78, 5) is 0. The van der Waals surface area contributed by atoms with Crippen molar-refractivity contribution in [3.05, 3.63) is 77.9 Å². The van der Waals surface area contributed by atoms with E-state index in [-0.39, 0.29) is 18.3 Å². The van der Waals surface area contributed by atoms with Crippen LogP contribution in [0.5, 0.6) is 0 Å². The van der Waals surface area contributed by atoms with Gasteiger partial charge in [-0.3, -0.25) is 0 Å². The predicted molar refractivity (Wildman–Crippen MR) is 103 cm³/mol. The molecule has 28 heavy (non-hydrogen) atoms. The molecule has 3 aliphatic rings. The van der Waals surface area contributed by atoms with Gasteiger partial charge in [-0.25, -0.2) is 0 Å². The summed E-state index contributed by atoms with van der Waals surface area (Å²) in [7, 11) is 0. The zero-order chi connectivity index (χ0) is 19.1.